The molecule has 0 amide bonds. The molecule has 2 aliphatic rings. The summed E-state index contributed by atoms with van der Waals surface area (Å²) in [7, 11) is 0. The Bertz CT molecular complexity index is 3410. The van der Waals surface area contributed by atoms with E-state index >= 15 is 0 Å². The minimum Gasteiger partial charge on any atom is -0.311 e. The van der Waals surface area contributed by atoms with E-state index in [-0.39, 0.29) is 28.4 Å². The Morgan fingerprint density at radius 2 is 0.887 bits per heavy atom. The fourth-order valence-electron chi connectivity index (χ4n) is 10.8. The van der Waals surface area contributed by atoms with Crippen LogP contribution in [-0.4, -0.2) is 6.71 Å². The lowest BCUT2D eigenvalue weighted by atomic mass is 9.36. The van der Waals surface area contributed by atoms with Gasteiger partial charge in [-0.3, -0.25) is 0 Å². The van der Waals surface area contributed by atoms with Gasteiger partial charge in [0.15, 0.2) is 0 Å². The third-order valence-electron chi connectivity index (χ3n) is 14.9. The Balaban J connectivity index is 1.30. The van der Waals surface area contributed by atoms with Crippen molar-refractivity contribution in [3.8, 4) is 11.1 Å². The Hall–Kier alpha value is -6.82. The third-order valence-corrected chi connectivity index (χ3v) is 16.1. The van der Waals surface area contributed by atoms with E-state index < -0.39 is 0 Å². The summed E-state index contributed by atoms with van der Waals surface area (Å²) in [6, 6.07) is 69.3. The number of rotatable bonds is 6. The van der Waals surface area contributed by atoms with Crippen molar-refractivity contribution in [2.24, 2.45) is 0 Å². The number of hydrogen-bond acceptors (Lipinski definition) is 4. The van der Waals surface area contributed by atoms with Gasteiger partial charge in [0.25, 0.3) is 6.71 Å². The largest absolute Gasteiger partial charge is 0.311 e. The molecule has 0 atom stereocenters. The molecule has 0 saturated heterocycles. The van der Waals surface area contributed by atoms with Gasteiger partial charge in [0.2, 0.25) is 0 Å². The average molecular weight is 944 g/mol. The van der Waals surface area contributed by atoms with Crippen LogP contribution >= 0.6 is 11.3 Å². The first-order valence-electron chi connectivity index (χ1n) is 25.5. The second-order valence-corrected chi connectivity index (χ2v) is 25.0. The third kappa shape index (κ3) is 8.17. The summed E-state index contributed by atoms with van der Waals surface area (Å²) in [5, 5.41) is 1.27. The highest BCUT2D eigenvalue weighted by atomic mass is 32.1. The van der Waals surface area contributed by atoms with Crippen molar-refractivity contribution in [2.75, 3.05) is 14.7 Å². The van der Waals surface area contributed by atoms with Crippen molar-refractivity contribution in [1.82, 2.24) is 0 Å². The topological polar surface area (TPSA) is 9.72 Å². The van der Waals surface area contributed by atoms with Crippen LogP contribution < -0.4 is 30.4 Å². The van der Waals surface area contributed by atoms with Crippen LogP contribution in [0.5, 0.6) is 0 Å². The minimum absolute atomic E-state index is 0.0153. The van der Waals surface area contributed by atoms with Crippen LogP contribution in [0.3, 0.4) is 0 Å². The van der Waals surface area contributed by atoms with Crippen LogP contribution in [0.1, 0.15) is 105 Å². The molecule has 0 fully saturated rings. The van der Waals surface area contributed by atoms with Gasteiger partial charge in [0.05, 0.1) is 17.1 Å². The fourth-order valence-corrected chi connectivity index (χ4v) is 12.2. The summed E-state index contributed by atoms with van der Waals surface area (Å²) < 4.78 is 2.67. The van der Waals surface area contributed by atoms with Crippen molar-refractivity contribution < 1.29 is 0 Å². The maximum atomic E-state index is 2.67. The predicted octanol–water partition coefficient (Wildman–Crippen LogP) is 17.3. The van der Waals surface area contributed by atoms with E-state index in [1.54, 1.807) is 0 Å². The molecular formula is C66H66BN3S. The Morgan fingerprint density at radius 1 is 0.408 bits per heavy atom. The van der Waals surface area contributed by atoms with E-state index in [1.807, 2.05) is 11.3 Å². The summed E-state index contributed by atoms with van der Waals surface area (Å²) >= 11 is 1.96. The van der Waals surface area contributed by atoms with Gasteiger partial charge >= 0.3 is 0 Å². The minimum atomic E-state index is -0.0612. The zero-order valence-electron chi connectivity index (χ0n) is 43.6. The van der Waals surface area contributed by atoms with E-state index in [2.05, 4.69) is 280 Å². The van der Waals surface area contributed by atoms with E-state index in [0.717, 1.165) is 22.7 Å². The smallest absolute Gasteiger partial charge is 0.264 e. The van der Waals surface area contributed by atoms with Crippen molar-refractivity contribution in [1.29, 1.82) is 0 Å². The van der Waals surface area contributed by atoms with E-state index in [9.17, 15) is 0 Å². The van der Waals surface area contributed by atoms with Crippen LogP contribution in [-0.2, 0) is 21.7 Å². The van der Waals surface area contributed by atoms with Gasteiger partial charge in [-0.1, -0.05) is 192 Å². The quantitative estimate of drug-likeness (QED) is 0.154. The summed E-state index contributed by atoms with van der Waals surface area (Å²) in [5.74, 6) is 0. The van der Waals surface area contributed by atoms with Crippen LogP contribution in [0, 0.1) is 0 Å². The first kappa shape index (κ1) is 46.6. The van der Waals surface area contributed by atoms with Crippen LogP contribution in [0.25, 0.3) is 21.2 Å². The van der Waals surface area contributed by atoms with Crippen molar-refractivity contribution in [2.45, 2.75) is 105 Å². The first-order valence-corrected chi connectivity index (χ1v) is 26.3. The molecule has 3 nitrogen and oxygen atoms in total. The molecule has 2 aliphatic heterocycles. The van der Waals surface area contributed by atoms with Crippen molar-refractivity contribution >= 4 is 95.0 Å². The molecule has 11 rings (SSSR count). The number of para-hydroxylation sites is 2. The average Bonchev–Trinajstić information content (AvgIpc) is 3.72. The Labute approximate surface area is 427 Å². The highest BCUT2D eigenvalue weighted by Gasteiger charge is 2.46. The van der Waals surface area contributed by atoms with Crippen LogP contribution in [0.15, 0.2) is 182 Å². The summed E-state index contributed by atoms with van der Waals surface area (Å²) in [4.78, 5) is 7.69. The van der Waals surface area contributed by atoms with Crippen LogP contribution in [0.4, 0.5) is 51.2 Å². The van der Waals surface area contributed by atoms with Gasteiger partial charge in [-0.25, -0.2) is 0 Å². The molecule has 0 unspecified atom stereocenters. The SMILES string of the molecule is CC(C)(C)c1ccc(-c2cc(C(C)(C)C)ccc2N2c3cc(N(c4ccccc4)c4ccccc4)cc4c3B(c3cc(C(C)(C)C)ccc3N4c3ccc(C(C)(C)C)cc3)c3sc4ccccc4c32)cc1. The molecular weight excluding hydrogens is 878 g/mol. The van der Waals surface area contributed by atoms with Gasteiger partial charge in [0, 0.05) is 54.6 Å². The molecule has 0 saturated carbocycles. The highest BCUT2D eigenvalue weighted by molar-refractivity contribution is 7.33. The van der Waals surface area contributed by atoms with E-state index in [0.29, 0.717) is 0 Å². The second-order valence-electron chi connectivity index (χ2n) is 23.9. The van der Waals surface area contributed by atoms with Crippen molar-refractivity contribution in [3.63, 3.8) is 0 Å². The Kier molecular flexibility index (Phi) is 11.1. The molecule has 3 heterocycles. The molecule has 354 valence electrons. The summed E-state index contributed by atoms with van der Waals surface area (Å²) in [5.41, 5.74) is 20.8. The standard InChI is InChI=1S/C66H66BN3S/c1-63(2,3)44-29-27-43(28-30-44)53-39-46(65(7,8)9)33-37-55(53)70-58-42-51(68(48-21-15-13-16-22-48)49-23-17-14-18-24-49)41-57-60(58)67(62-61(70)52-25-19-20-26-59(52)71-62)54-40-47(66(10,11)12)34-38-56(54)69(57)50-35-31-45(32-36-50)64(4,5)6/h13-42H,1-12H3. The number of anilines is 9. The van der Waals surface area contributed by atoms with Gasteiger partial charge < -0.3 is 14.7 Å². The number of fused-ring (bicyclic) bond motifs is 6. The number of hydrogen-bond donors (Lipinski definition) is 0. The summed E-state index contributed by atoms with van der Waals surface area (Å²) in [6.45, 7) is 27.8. The van der Waals surface area contributed by atoms with Gasteiger partial charge in [-0.05, 0) is 133 Å². The molecule has 0 radical (unpaired) electrons. The molecule has 71 heavy (non-hydrogen) atoms. The zero-order chi connectivity index (χ0) is 49.8. The number of benzene rings is 8. The molecule has 9 aromatic rings. The van der Waals surface area contributed by atoms with Gasteiger partial charge in [-0.2, -0.15) is 0 Å². The van der Waals surface area contributed by atoms with Gasteiger partial charge in [-0.15, -0.1) is 11.3 Å². The second kappa shape index (κ2) is 16.9. The lowest BCUT2D eigenvalue weighted by molar-refractivity contribution is 0.590. The molecule has 0 aliphatic carbocycles. The van der Waals surface area contributed by atoms with E-state index in [1.165, 1.54) is 87.6 Å². The molecule has 5 heteroatoms. The first-order chi connectivity index (χ1) is 33.8. The molecule has 1 aromatic heterocycles. The van der Waals surface area contributed by atoms with Crippen LogP contribution in [0.2, 0.25) is 0 Å². The van der Waals surface area contributed by atoms with Crippen molar-refractivity contribution in [3.05, 3.63) is 204 Å². The Morgan fingerprint density at radius 3 is 1.45 bits per heavy atom. The fraction of sp³-hybridized carbons (Fsp3) is 0.242. The number of thiophene rings is 1. The zero-order valence-corrected chi connectivity index (χ0v) is 44.5. The molecule has 8 aromatic carbocycles. The van der Waals surface area contributed by atoms with E-state index in [4.69, 9.17) is 0 Å². The lowest BCUT2D eigenvalue weighted by Crippen LogP contribution is -2.60. The maximum Gasteiger partial charge on any atom is 0.264 e. The summed E-state index contributed by atoms with van der Waals surface area (Å²) in [6.07, 6.45) is 0. The maximum absolute atomic E-state index is 2.67. The van der Waals surface area contributed by atoms with Gasteiger partial charge in [0.1, 0.15) is 0 Å². The highest BCUT2D eigenvalue weighted by Crippen LogP contribution is 2.53. The molecule has 0 spiro atoms. The predicted molar refractivity (Wildman–Crippen MR) is 311 cm³/mol. The normalized spacial score (nSPS) is 13.5. The lowest BCUT2D eigenvalue weighted by Gasteiger charge is -2.45. The number of nitrogens with zero attached hydrogens (tertiary/aromatic N) is 3. The molecule has 0 N–H and O–H groups in total. The monoisotopic (exact) mass is 944 g/mol. The molecule has 0 bridgehead atoms.